The summed E-state index contributed by atoms with van der Waals surface area (Å²) in [6.45, 7) is 8.12. The van der Waals surface area contributed by atoms with Gasteiger partial charge in [-0.05, 0) is 32.4 Å². The lowest BCUT2D eigenvalue weighted by atomic mass is 9.87. The van der Waals surface area contributed by atoms with E-state index >= 15 is 0 Å². The highest BCUT2D eigenvalue weighted by Crippen LogP contribution is 2.23. The van der Waals surface area contributed by atoms with E-state index in [-0.39, 0.29) is 5.97 Å². The molecule has 0 spiro atoms. The standard InChI is InChI=1S/C12H24N2O2/c1-4-8-14-9-6-12(7-10-14,13-5-2)11(15)16-3/h13H,4-10H2,1-3H3. The van der Waals surface area contributed by atoms with E-state index in [4.69, 9.17) is 4.74 Å². The summed E-state index contributed by atoms with van der Waals surface area (Å²) in [7, 11) is 1.47. The lowest BCUT2D eigenvalue weighted by Crippen LogP contribution is -2.58. The molecule has 4 nitrogen and oxygen atoms in total. The zero-order chi connectivity index (χ0) is 12.0. The Morgan fingerprint density at radius 3 is 2.44 bits per heavy atom. The predicted octanol–water partition coefficient (Wildman–Crippen LogP) is 1.01. The molecule has 0 atom stereocenters. The summed E-state index contributed by atoms with van der Waals surface area (Å²) in [4.78, 5) is 14.3. The Morgan fingerprint density at radius 1 is 1.38 bits per heavy atom. The number of carbonyl (C=O) groups is 1. The van der Waals surface area contributed by atoms with Crippen molar-refractivity contribution in [2.45, 2.75) is 38.6 Å². The van der Waals surface area contributed by atoms with Gasteiger partial charge in [0.1, 0.15) is 5.54 Å². The van der Waals surface area contributed by atoms with E-state index in [0.29, 0.717) is 0 Å². The summed E-state index contributed by atoms with van der Waals surface area (Å²) in [5.41, 5.74) is -0.437. The molecule has 1 heterocycles. The Morgan fingerprint density at radius 2 is 2.00 bits per heavy atom. The third kappa shape index (κ3) is 2.95. The van der Waals surface area contributed by atoms with Crippen molar-refractivity contribution < 1.29 is 9.53 Å². The van der Waals surface area contributed by atoms with Crippen molar-refractivity contribution in [2.75, 3.05) is 33.3 Å². The second-order valence-corrected chi connectivity index (χ2v) is 4.45. The van der Waals surface area contributed by atoms with Crippen molar-refractivity contribution >= 4 is 5.97 Å². The molecule has 94 valence electrons. The summed E-state index contributed by atoms with van der Waals surface area (Å²) >= 11 is 0. The normalized spacial score (nSPS) is 20.7. The lowest BCUT2D eigenvalue weighted by Gasteiger charge is -2.40. The molecule has 0 aliphatic carbocycles. The van der Waals surface area contributed by atoms with Crippen LogP contribution < -0.4 is 5.32 Å². The van der Waals surface area contributed by atoms with Gasteiger partial charge in [0, 0.05) is 13.1 Å². The lowest BCUT2D eigenvalue weighted by molar-refractivity contribution is -0.150. The monoisotopic (exact) mass is 228 g/mol. The molecule has 0 aromatic rings. The Balaban J connectivity index is 2.58. The van der Waals surface area contributed by atoms with Crippen LogP contribution in [-0.4, -0.2) is 49.7 Å². The number of rotatable bonds is 5. The van der Waals surface area contributed by atoms with Gasteiger partial charge in [-0.1, -0.05) is 13.8 Å². The highest BCUT2D eigenvalue weighted by Gasteiger charge is 2.41. The van der Waals surface area contributed by atoms with Crippen LogP contribution >= 0.6 is 0 Å². The smallest absolute Gasteiger partial charge is 0.326 e. The van der Waals surface area contributed by atoms with E-state index in [1.165, 1.54) is 13.5 Å². The number of hydrogen-bond acceptors (Lipinski definition) is 4. The Hall–Kier alpha value is -0.610. The molecule has 0 aromatic heterocycles. The molecule has 1 aliphatic heterocycles. The van der Waals surface area contributed by atoms with Gasteiger partial charge in [0.25, 0.3) is 0 Å². The number of nitrogens with one attached hydrogen (secondary N) is 1. The van der Waals surface area contributed by atoms with Gasteiger partial charge in [0.15, 0.2) is 0 Å². The number of piperidine rings is 1. The topological polar surface area (TPSA) is 41.6 Å². The molecule has 1 fully saturated rings. The quantitative estimate of drug-likeness (QED) is 0.713. The molecule has 0 bridgehead atoms. The van der Waals surface area contributed by atoms with Crippen LogP contribution in [0.1, 0.15) is 33.1 Å². The molecule has 0 saturated carbocycles. The van der Waals surface area contributed by atoms with Crippen LogP contribution in [0.15, 0.2) is 0 Å². The molecule has 4 heteroatoms. The van der Waals surface area contributed by atoms with E-state index in [2.05, 4.69) is 17.1 Å². The maximum absolute atomic E-state index is 11.8. The first-order valence-electron chi connectivity index (χ1n) is 6.24. The number of carbonyl (C=O) groups excluding carboxylic acids is 1. The highest BCUT2D eigenvalue weighted by atomic mass is 16.5. The van der Waals surface area contributed by atoms with Crippen LogP contribution in [0.5, 0.6) is 0 Å². The number of nitrogens with zero attached hydrogens (tertiary/aromatic N) is 1. The van der Waals surface area contributed by atoms with Crippen LogP contribution in [-0.2, 0) is 9.53 Å². The molecular weight excluding hydrogens is 204 g/mol. The van der Waals surface area contributed by atoms with Gasteiger partial charge in [-0.15, -0.1) is 0 Å². The maximum Gasteiger partial charge on any atom is 0.326 e. The summed E-state index contributed by atoms with van der Waals surface area (Å²) in [6.07, 6.45) is 2.88. The number of ether oxygens (including phenoxy) is 1. The molecule has 1 aliphatic rings. The average Bonchev–Trinajstić information content (AvgIpc) is 2.31. The average molecular weight is 228 g/mol. The van der Waals surface area contributed by atoms with Crippen LogP contribution in [0.4, 0.5) is 0 Å². The van der Waals surface area contributed by atoms with E-state index in [0.717, 1.165) is 39.0 Å². The van der Waals surface area contributed by atoms with Crippen LogP contribution in [0.3, 0.4) is 0 Å². The van der Waals surface area contributed by atoms with Gasteiger partial charge < -0.3 is 15.0 Å². The molecule has 0 aromatic carbocycles. The van der Waals surface area contributed by atoms with Crippen molar-refractivity contribution in [3.05, 3.63) is 0 Å². The van der Waals surface area contributed by atoms with Crippen LogP contribution in [0.25, 0.3) is 0 Å². The fraction of sp³-hybridized carbons (Fsp3) is 0.917. The van der Waals surface area contributed by atoms with E-state index < -0.39 is 5.54 Å². The van der Waals surface area contributed by atoms with Crippen LogP contribution in [0, 0.1) is 0 Å². The summed E-state index contributed by atoms with van der Waals surface area (Å²) in [5.74, 6) is -0.106. The zero-order valence-corrected chi connectivity index (χ0v) is 10.7. The van der Waals surface area contributed by atoms with Crippen molar-refractivity contribution in [2.24, 2.45) is 0 Å². The van der Waals surface area contributed by atoms with Crippen molar-refractivity contribution in [3.8, 4) is 0 Å². The molecule has 1 saturated heterocycles. The summed E-state index contributed by atoms with van der Waals surface area (Å²) in [6, 6.07) is 0. The molecule has 16 heavy (non-hydrogen) atoms. The molecule has 0 amide bonds. The fourth-order valence-electron chi connectivity index (χ4n) is 2.46. The molecule has 1 rings (SSSR count). The number of hydrogen-bond donors (Lipinski definition) is 1. The number of esters is 1. The Kier molecular flexibility index (Phi) is 5.22. The molecule has 0 radical (unpaired) electrons. The molecule has 0 unspecified atom stereocenters. The third-order valence-electron chi connectivity index (χ3n) is 3.34. The first kappa shape index (κ1) is 13.5. The number of likely N-dealkylation sites (tertiary alicyclic amines) is 1. The van der Waals surface area contributed by atoms with Crippen molar-refractivity contribution in [1.82, 2.24) is 10.2 Å². The largest absolute Gasteiger partial charge is 0.468 e. The van der Waals surface area contributed by atoms with E-state index in [1.807, 2.05) is 6.92 Å². The second-order valence-electron chi connectivity index (χ2n) is 4.45. The Bertz CT molecular complexity index is 223. The van der Waals surface area contributed by atoms with E-state index in [1.54, 1.807) is 0 Å². The molecule has 1 N–H and O–H groups in total. The second kappa shape index (κ2) is 6.21. The first-order valence-corrected chi connectivity index (χ1v) is 6.24. The minimum atomic E-state index is -0.437. The third-order valence-corrected chi connectivity index (χ3v) is 3.34. The van der Waals surface area contributed by atoms with Gasteiger partial charge in [0.05, 0.1) is 7.11 Å². The minimum Gasteiger partial charge on any atom is -0.468 e. The first-order chi connectivity index (χ1) is 7.68. The maximum atomic E-state index is 11.8. The SMILES string of the molecule is CCCN1CCC(NCC)(C(=O)OC)CC1. The fourth-order valence-corrected chi connectivity index (χ4v) is 2.46. The summed E-state index contributed by atoms with van der Waals surface area (Å²) < 4.78 is 4.92. The van der Waals surface area contributed by atoms with Crippen molar-refractivity contribution in [1.29, 1.82) is 0 Å². The summed E-state index contributed by atoms with van der Waals surface area (Å²) in [5, 5.41) is 3.31. The Labute approximate surface area is 98.3 Å². The molecular formula is C12H24N2O2. The van der Waals surface area contributed by atoms with Gasteiger partial charge in [-0.2, -0.15) is 0 Å². The highest BCUT2D eigenvalue weighted by molar-refractivity contribution is 5.81. The number of likely N-dealkylation sites (N-methyl/N-ethyl adjacent to an activating group) is 1. The van der Waals surface area contributed by atoms with Crippen molar-refractivity contribution in [3.63, 3.8) is 0 Å². The van der Waals surface area contributed by atoms with Crippen LogP contribution in [0.2, 0.25) is 0 Å². The number of methoxy groups -OCH3 is 1. The van der Waals surface area contributed by atoms with Gasteiger partial charge in [0.2, 0.25) is 0 Å². The zero-order valence-electron chi connectivity index (χ0n) is 10.7. The minimum absolute atomic E-state index is 0.106. The van der Waals surface area contributed by atoms with Gasteiger partial charge in [-0.25, -0.2) is 0 Å². The van der Waals surface area contributed by atoms with Gasteiger partial charge >= 0.3 is 5.97 Å². The van der Waals surface area contributed by atoms with E-state index in [9.17, 15) is 4.79 Å². The predicted molar refractivity (Wildman–Crippen MR) is 64.4 cm³/mol. The van der Waals surface area contributed by atoms with Gasteiger partial charge in [-0.3, -0.25) is 4.79 Å².